The molecule has 0 aliphatic heterocycles. The van der Waals surface area contributed by atoms with Crippen LogP contribution in [0, 0.1) is 0 Å². The van der Waals surface area contributed by atoms with Crippen molar-refractivity contribution >= 4 is 52.5 Å². The van der Waals surface area contributed by atoms with E-state index in [-0.39, 0.29) is 22.8 Å². The van der Waals surface area contributed by atoms with Gasteiger partial charge in [-0.2, -0.15) is 0 Å². The highest BCUT2D eigenvalue weighted by Gasteiger charge is 2.16. The van der Waals surface area contributed by atoms with Gasteiger partial charge >= 0.3 is 5.97 Å². The highest BCUT2D eigenvalue weighted by Crippen LogP contribution is 2.24. The highest BCUT2D eigenvalue weighted by atomic mass is 35.5. The van der Waals surface area contributed by atoms with Gasteiger partial charge in [0.25, 0.3) is 5.91 Å². The van der Waals surface area contributed by atoms with Crippen LogP contribution in [0.15, 0.2) is 77.7 Å². The van der Waals surface area contributed by atoms with Crippen LogP contribution in [0.25, 0.3) is 0 Å². The fourth-order valence-electron chi connectivity index (χ4n) is 2.63. The number of carboxylic acids is 1. The molecule has 0 unspecified atom stereocenters. The number of hydrogen-bond acceptors (Lipinski definition) is 4. The van der Waals surface area contributed by atoms with Crippen molar-refractivity contribution in [3.05, 3.63) is 88.9 Å². The molecular weight excluding hydrogens is 424 g/mol. The second kappa shape index (κ2) is 9.96. The molecule has 0 saturated carbocycles. The van der Waals surface area contributed by atoms with Crippen LogP contribution in [-0.2, 0) is 4.79 Å². The largest absolute Gasteiger partial charge is 0.478 e. The number of carbonyl (C=O) groups is 3. The number of benzene rings is 3. The Morgan fingerprint density at radius 3 is 2.30 bits per heavy atom. The van der Waals surface area contributed by atoms with E-state index in [2.05, 4.69) is 10.6 Å². The van der Waals surface area contributed by atoms with Crippen LogP contribution in [0.5, 0.6) is 0 Å². The molecule has 0 aliphatic carbocycles. The molecule has 0 atom stereocenters. The van der Waals surface area contributed by atoms with Gasteiger partial charge in [0.05, 0.1) is 27.6 Å². The van der Waals surface area contributed by atoms with Gasteiger partial charge in [0.2, 0.25) is 5.91 Å². The molecule has 0 fully saturated rings. The summed E-state index contributed by atoms with van der Waals surface area (Å²) in [7, 11) is 0. The SMILES string of the molecule is O=C(CSc1cccc(NC(=O)c2ccccc2C(=O)O)c1)Nc1ccccc1Cl. The molecule has 0 spiro atoms. The van der Waals surface area contributed by atoms with E-state index in [0.29, 0.717) is 16.4 Å². The van der Waals surface area contributed by atoms with E-state index < -0.39 is 11.9 Å². The maximum Gasteiger partial charge on any atom is 0.336 e. The molecule has 0 saturated heterocycles. The maximum atomic E-state index is 12.5. The summed E-state index contributed by atoms with van der Waals surface area (Å²) in [6.45, 7) is 0. The Balaban J connectivity index is 1.62. The van der Waals surface area contributed by atoms with Gasteiger partial charge in [0.1, 0.15) is 0 Å². The lowest BCUT2D eigenvalue weighted by Gasteiger charge is -2.10. The molecule has 2 amide bonds. The Morgan fingerprint density at radius 1 is 0.867 bits per heavy atom. The first-order valence-corrected chi connectivity index (χ1v) is 10.2. The lowest BCUT2D eigenvalue weighted by Crippen LogP contribution is -2.16. The van der Waals surface area contributed by atoms with Crippen molar-refractivity contribution in [1.82, 2.24) is 0 Å². The van der Waals surface area contributed by atoms with Gasteiger partial charge < -0.3 is 15.7 Å². The van der Waals surface area contributed by atoms with Crippen LogP contribution in [0.2, 0.25) is 5.02 Å². The van der Waals surface area contributed by atoms with Crippen LogP contribution in [0.4, 0.5) is 11.4 Å². The summed E-state index contributed by atoms with van der Waals surface area (Å²) in [5, 5.41) is 15.1. The maximum absolute atomic E-state index is 12.5. The van der Waals surface area contributed by atoms with Gasteiger partial charge in [-0.15, -0.1) is 11.8 Å². The van der Waals surface area contributed by atoms with E-state index in [0.717, 1.165) is 4.90 Å². The van der Waals surface area contributed by atoms with Crippen LogP contribution in [0.3, 0.4) is 0 Å². The van der Waals surface area contributed by atoms with Crippen molar-refractivity contribution in [2.24, 2.45) is 0 Å². The molecule has 0 aliphatic rings. The lowest BCUT2D eigenvalue weighted by atomic mass is 10.1. The monoisotopic (exact) mass is 440 g/mol. The van der Waals surface area contributed by atoms with Gasteiger partial charge in [-0.3, -0.25) is 9.59 Å². The van der Waals surface area contributed by atoms with E-state index >= 15 is 0 Å². The molecule has 3 N–H and O–H groups in total. The predicted molar refractivity (Wildman–Crippen MR) is 119 cm³/mol. The van der Waals surface area contributed by atoms with Crippen molar-refractivity contribution in [3.8, 4) is 0 Å². The van der Waals surface area contributed by atoms with E-state index in [1.807, 2.05) is 6.07 Å². The fourth-order valence-corrected chi connectivity index (χ4v) is 3.57. The average molecular weight is 441 g/mol. The number of para-hydroxylation sites is 1. The average Bonchev–Trinajstić information content (AvgIpc) is 2.74. The van der Waals surface area contributed by atoms with Gasteiger partial charge in [-0.1, -0.05) is 41.9 Å². The van der Waals surface area contributed by atoms with Crippen LogP contribution in [0.1, 0.15) is 20.7 Å². The van der Waals surface area contributed by atoms with Crippen molar-refractivity contribution < 1.29 is 19.5 Å². The van der Waals surface area contributed by atoms with E-state index in [1.165, 1.54) is 23.9 Å². The zero-order chi connectivity index (χ0) is 21.5. The number of hydrogen-bond donors (Lipinski definition) is 3. The van der Waals surface area contributed by atoms with Crippen LogP contribution >= 0.6 is 23.4 Å². The normalized spacial score (nSPS) is 10.3. The first-order valence-electron chi connectivity index (χ1n) is 8.85. The van der Waals surface area contributed by atoms with Crippen molar-refractivity contribution in [2.75, 3.05) is 16.4 Å². The summed E-state index contributed by atoms with van der Waals surface area (Å²) in [6, 6.07) is 19.9. The summed E-state index contributed by atoms with van der Waals surface area (Å²) < 4.78 is 0. The Morgan fingerprint density at radius 2 is 1.57 bits per heavy atom. The molecule has 0 aromatic heterocycles. The summed E-state index contributed by atoms with van der Waals surface area (Å²) >= 11 is 7.34. The third-order valence-electron chi connectivity index (χ3n) is 4.01. The van der Waals surface area contributed by atoms with Gasteiger partial charge in [0.15, 0.2) is 0 Å². The molecule has 3 rings (SSSR count). The molecule has 0 heterocycles. The minimum atomic E-state index is -1.17. The summed E-state index contributed by atoms with van der Waals surface area (Å²) in [5.74, 6) is -1.75. The van der Waals surface area contributed by atoms with Crippen LogP contribution < -0.4 is 10.6 Å². The Kier molecular flexibility index (Phi) is 7.11. The Bertz CT molecular complexity index is 1100. The predicted octanol–water partition coefficient (Wildman–Crippen LogP) is 5.02. The number of carbonyl (C=O) groups excluding carboxylic acids is 2. The topological polar surface area (TPSA) is 95.5 Å². The van der Waals surface area contributed by atoms with Gasteiger partial charge in [-0.05, 0) is 42.5 Å². The zero-order valence-electron chi connectivity index (χ0n) is 15.6. The fraction of sp³-hybridized carbons (Fsp3) is 0.0455. The van der Waals surface area contributed by atoms with E-state index in [4.69, 9.17) is 11.6 Å². The number of carboxylic acid groups (broad SMARTS) is 1. The molecule has 8 heteroatoms. The Labute approximate surface area is 182 Å². The van der Waals surface area contributed by atoms with Crippen LogP contribution in [-0.4, -0.2) is 28.6 Å². The summed E-state index contributed by atoms with van der Waals surface area (Å²) in [4.78, 5) is 36.7. The third-order valence-corrected chi connectivity index (χ3v) is 5.34. The van der Waals surface area contributed by atoms with E-state index in [1.54, 1.807) is 54.6 Å². The molecule has 0 radical (unpaired) electrons. The van der Waals surface area contributed by atoms with Crippen molar-refractivity contribution in [2.45, 2.75) is 4.90 Å². The number of thioether (sulfide) groups is 1. The number of aromatic carboxylic acids is 1. The second-order valence-corrected chi connectivity index (χ2v) is 7.61. The second-order valence-electron chi connectivity index (χ2n) is 6.15. The lowest BCUT2D eigenvalue weighted by molar-refractivity contribution is -0.113. The zero-order valence-corrected chi connectivity index (χ0v) is 17.2. The number of nitrogens with one attached hydrogen (secondary N) is 2. The molecule has 3 aromatic rings. The number of anilines is 2. The summed E-state index contributed by atoms with van der Waals surface area (Å²) in [5.41, 5.74) is 1.04. The first-order chi connectivity index (χ1) is 14.4. The van der Waals surface area contributed by atoms with Crippen molar-refractivity contribution in [1.29, 1.82) is 0 Å². The molecule has 30 heavy (non-hydrogen) atoms. The summed E-state index contributed by atoms with van der Waals surface area (Å²) in [6.07, 6.45) is 0. The molecule has 152 valence electrons. The molecule has 6 nitrogen and oxygen atoms in total. The molecular formula is C22H17ClN2O4S. The Hall–Kier alpha value is -3.29. The first kappa shape index (κ1) is 21.4. The minimum absolute atomic E-state index is 0.0715. The smallest absolute Gasteiger partial charge is 0.336 e. The minimum Gasteiger partial charge on any atom is -0.478 e. The van der Waals surface area contributed by atoms with Crippen molar-refractivity contribution in [3.63, 3.8) is 0 Å². The molecule has 3 aromatic carbocycles. The van der Waals surface area contributed by atoms with Gasteiger partial charge in [-0.25, -0.2) is 4.79 Å². The van der Waals surface area contributed by atoms with Gasteiger partial charge in [0, 0.05) is 10.6 Å². The molecule has 0 bridgehead atoms. The number of halogens is 1. The standard InChI is InChI=1S/C22H17ClN2O4S/c23-18-10-3-4-11-19(18)25-20(26)13-30-15-7-5-6-14(12-15)24-21(27)16-8-1-2-9-17(16)22(28)29/h1-12H,13H2,(H,24,27)(H,25,26)(H,28,29). The quantitative estimate of drug-likeness (QED) is 0.448. The highest BCUT2D eigenvalue weighted by molar-refractivity contribution is 8.00. The third kappa shape index (κ3) is 5.62. The number of amides is 2. The van der Waals surface area contributed by atoms with E-state index in [9.17, 15) is 19.5 Å². The number of rotatable bonds is 7.